The zero-order valence-electron chi connectivity index (χ0n) is 12.3. The number of rotatable bonds is 4. The lowest BCUT2D eigenvalue weighted by Crippen LogP contribution is -2.36. The molecule has 1 aromatic carbocycles. The summed E-state index contributed by atoms with van der Waals surface area (Å²) in [6, 6.07) is 11.7. The van der Waals surface area contributed by atoms with E-state index < -0.39 is 0 Å². The number of guanidine groups is 1. The summed E-state index contributed by atoms with van der Waals surface area (Å²) in [4.78, 5) is 4.19. The minimum atomic E-state index is 0.667. The fourth-order valence-corrected chi connectivity index (χ4v) is 1.95. The van der Waals surface area contributed by atoms with Gasteiger partial charge in [-0.2, -0.15) is 5.26 Å². The molecule has 0 fully saturated rings. The molecule has 0 radical (unpaired) electrons. The Morgan fingerprint density at radius 3 is 2.33 bits per heavy atom. The van der Waals surface area contributed by atoms with E-state index in [4.69, 9.17) is 5.26 Å². The SMILES string of the molecule is CN=C(NCc1ccc(C#N)cc1)NCc1ccn(C)c1. The normalized spacial score (nSPS) is 11.0. The highest BCUT2D eigenvalue weighted by molar-refractivity contribution is 5.79. The average Bonchev–Trinajstić information content (AvgIpc) is 2.93. The summed E-state index contributed by atoms with van der Waals surface area (Å²) >= 11 is 0. The number of aryl methyl sites for hydroxylation is 1. The molecule has 21 heavy (non-hydrogen) atoms. The quantitative estimate of drug-likeness (QED) is 0.663. The van der Waals surface area contributed by atoms with Gasteiger partial charge < -0.3 is 15.2 Å². The minimum Gasteiger partial charge on any atom is -0.357 e. The van der Waals surface area contributed by atoms with Crippen molar-refractivity contribution in [1.29, 1.82) is 5.26 Å². The van der Waals surface area contributed by atoms with E-state index in [0.29, 0.717) is 12.1 Å². The molecule has 0 aliphatic rings. The molecular weight excluding hydrogens is 262 g/mol. The molecule has 0 spiro atoms. The number of benzene rings is 1. The number of hydrogen-bond acceptors (Lipinski definition) is 2. The Morgan fingerprint density at radius 1 is 1.14 bits per heavy atom. The van der Waals surface area contributed by atoms with Gasteiger partial charge in [0, 0.05) is 39.6 Å². The third kappa shape index (κ3) is 4.39. The van der Waals surface area contributed by atoms with Crippen LogP contribution in [0.3, 0.4) is 0 Å². The highest BCUT2D eigenvalue weighted by Crippen LogP contribution is 2.03. The lowest BCUT2D eigenvalue weighted by molar-refractivity contribution is 0.806. The number of nitrogens with one attached hydrogen (secondary N) is 2. The van der Waals surface area contributed by atoms with E-state index in [-0.39, 0.29) is 0 Å². The fraction of sp³-hybridized carbons (Fsp3) is 0.250. The van der Waals surface area contributed by atoms with Crippen LogP contribution in [0.1, 0.15) is 16.7 Å². The molecule has 1 heterocycles. The monoisotopic (exact) mass is 281 g/mol. The van der Waals surface area contributed by atoms with Crippen LogP contribution >= 0.6 is 0 Å². The first kappa shape index (κ1) is 14.7. The van der Waals surface area contributed by atoms with Gasteiger partial charge in [0.25, 0.3) is 0 Å². The smallest absolute Gasteiger partial charge is 0.191 e. The van der Waals surface area contributed by atoms with Crippen molar-refractivity contribution in [3.05, 3.63) is 59.4 Å². The topological polar surface area (TPSA) is 65.1 Å². The van der Waals surface area contributed by atoms with Crippen LogP contribution in [0.25, 0.3) is 0 Å². The number of aliphatic imine (C=N–C) groups is 1. The predicted molar refractivity (Wildman–Crippen MR) is 83.6 cm³/mol. The maximum Gasteiger partial charge on any atom is 0.191 e. The summed E-state index contributed by atoms with van der Waals surface area (Å²) in [6.07, 6.45) is 4.09. The Hall–Kier alpha value is -2.74. The first-order valence-electron chi connectivity index (χ1n) is 6.75. The van der Waals surface area contributed by atoms with Crippen molar-refractivity contribution in [2.24, 2.45) is 12.0 Å². The molecule has 2 aromatic rings. The van der Waals surface area contributed by atoms with Gasteiger partial charge in [-0.3, -0.25) is 4.99 Å². The van der Waals surface area contributed by atoms with Gasteiger partial charge in [-0.25, -0.2) is 0 Å². The Labute approximate surface area is 124 Å². The molecule has 0 bridgehead atoms. The molecule has 2 rings (SSSR count). The van der Waals surface area contributed by atoms with Crippen molar-refractivity contribution >= 4 is 5.96 Å². The van der Waals surface area contributed by atoms with Crippen molar-refractivity contribution < 1.29 is 0 Å². The second-order valence-corrected chi connectivity index (χ2v) is 4.77. The van der Waals surface area contributed by atoms with Crippen molar-refractivity contribution in [2.75, 3.05) is 7.05 Å². The number of aromatic nitrogens is 1. The summed E-state index contributed by atoms with van der Waals surface area (Å²) in [6.45, 7) is 1.40. The summed E-state index contributed by atoms with van der Waals surface area (Å²) < 4.78 is 2.02. The first-order chi connectivity index (χ1) is 10.2. The zero-order valence-corrected chi connectivity index (χ0v) is 12.3. The van der Waals surface area contributed by atoms with E-state index in [2.05, 4.69) is 34.0 Å². The van der Waals surface area contributed by atoms with E-state index in [0.717, 1.165) is 18.1 Å². The molecule has 0 saturated carbocycles. The van der Waals surface area contributed by atoms with E-state index in [9.17, 15) is 0 Å². The molecule has 0 saturated heterocycles. The maximum absolute atomic E-state index is 8.77. The van der Waals surface area contributed by atoms with Gasteiger partial charge in [-0.05, 0) is 29.3 Å². The molecule has 0 atom stereocenters. The van der Waals surface area contributed by atoms with Crippen LogP contribution in [0.4, 0.5) is 0 Å². The average molecular weight is 281 g/mol. The van der Waals surface area contributed by atoms with E-state index >= 15 is 0 Å². The van der Waals surface area contributed by atoms with Crippen LogP contribution in [0.5, 0.6) is 0 Å². The minimum absolute atomic E-state index is 0.667. The largest absolute Gasteiger partial charge is 0.357 e. The third-order valence-corrected chi connectivity index (χ3v) is 3.12. The van der Waals surface area contributed by atoms with Crippen molar-refractivity contribution in [3.8, 4) is 6.07 Å². The number of nitriles is 1. The maximum atomic E-state index is 8.77. The molecule has 0 aliphatic heterocycles. The molecule has 108 valence electrons. The van der Waals surface area contributed by atoms with Crippen LogP contribution < -0.4 is 10.6 Å². The van der Waals surface area contributed by atoms with Crippen LogP contribution in [0.2, 0.25) is 0 Å². The van der Waals surface area contributed by atoms with Crippen LogP contribution in [0.15, 0.2) is 47.7 Å². The van der Waals surface area contributed by atoms with E-state index in [1.807, 2.05) is 42.1 Å². The predicted octanol–water partition coefficient (Wildman–Crippen LogP) is 1.76. The fourth-order valence-electron chi connectivity index (χ4n) is 1.95. The van der Waals surface area contributed by atoms with Gasteiger partial charge in [0.15, 0.2) is 5.96 Å². The highest BCUT2D eigenvalue weighted by Gasteiger charge is 2.00. The van der Waals surface area contributed by atoms with Crippen molar-refractivity contribution in [1.82, 2.24) is 15.2 Å². The molecular formula is C16H19N5. The van der Waals surface area contributed by atoms with Gasteiger partial charge in [0.05, 0.1) is 11.6 Å². The van der Waals surface area contributed by atoms with Crippen LogP contribution in [0, 0.1) is 11.3 Å². The molecule has 0 unspecified atom stereocenters. The Balaban J connectivity index is 1.83. The van der Waals surface area contributed by atoms with E-state index in [1.54, 1.807) is 7.05 Å². The van der Waals surface area contributed by atoms with Crippen LogP contribution in [-0.4, -0.2) is 17.6 Å². The lowest BCUT2D eigenvalue weighted by atomic mass is 10.1. The molecule has 5 nitrogen and oxygen atoms in total. The van der Waals surface area contributed by atoms with E-state index in [1.165, 1.54) is 5.56 Å². The van der Waals surface area contributed by atoms with Gasteiger partial charge in [-0.1, -0.05) is 12.1 Å². The van der Waals surface area contributed by atoms with Gasteiger partial charge in [-0.15, -0.1) is 0 Å². The molecule has 0 amide bonds. The summed E-state index contributed by atoms with van der Waals surface area (Å²) in [5, 5.41) is 15.3. The Morgan fingerprint density at radius 2 is 1.81 bits per heavy atom. The zero-order chi connectivity index (χ0) is 15.1. The first-order valence-corrected chi connectivity index (χ1v) is 6.75. The Bertz CT molecular complexity index is 646. The summed E-state index contributed by atoms with van der Waals surface area (Å²) in [7, 11) is 3.75. The number of nitrogens with zero attached hydrogens (tertiary/aromatic N) is 3. The standard InChI is InChI=1S/C16H19N5/c1-18-16(20-11-15-7-8-21(2)12-15)19-10-14-5-3-13(9-17)4-6-14/h3-8,12H,10-11H2,1-2H3,(H2,18,19,20). The molecule has 1 aromatic heterocycles. The highest BCUT2D eigenvalue weighted by atomic mass is 15.2. The van der Waals surface area contributed by atoms with Crippen molar-refractivity contribution in [3.63, 3.8) is 0 Å². The van der Waals surface area contributed by atoms with Gasteiger partial charge >= 0.3 is 0 Å². The van der Waals surface area contributed by atoms with Crippen LogP contribution in [-0.2, 0) is 20.1 Å². The second-order valence-electron chi connectivity index (χ2n) is 4.77. The number of hydrogen-bond donors (Lipinski definition) is 2. The summed E-state index contributed by atoms with van der Waals surface area (Å²) in [5.74, 6) is 0.753. The van der Waals surface area contributed by atoms with Crippen molar-refractivity contribution in [2.45, 2.75) is 13.1 Å². The van der Waals surface area contributed by atoms with Gasteiger partial charge in [0.1, 0.15) is 0 Å². The molecule has 5 heteroatoms. The Kier molecular flexibility index (Phi) is 4.99. The summed E-state index contributed by atoms with van der Waals surface area (Å²) in [5.41, 5.74) is 2.99. The third-order valence-electron chi connectivity index (χ3n) is 3.12. The molecule has 0 aliphatic carbocycles. The molecule has 2 N–H and O–H groups in total. The lowest BCUT2D eigenvalue weighted by Gasteiger charge is -2.11. The van der Waals surface area contributed by atoms with Gasteiger partial charge in [0.2, 0.25) is 0 Å². The second kappa shape index (κ2) is 7.15.